The number of nitrogens with two attached hydrogens (primary N) is 2. The summed E-state index contributed by atoms with van der Waals surface area (Å²) in [4.78, 5) is 33.1. The van der Waals surface area contributed by atoms with Crippen LogP contribution in [0.5, 0.6) is 5.75 Å². The number of carbonyl (C=O) groups is 3. The van der Waals surface area contributed by atoms with Crippen LogP contribution in [0.3, 0.4) is 0 Å². The normalized spacial score (nSPS) is 12.1. The Hall–Kier alpha value is -3.23. The first-order chi connectivity index (χ1) is 14.3. The zero-order valence-corrected chi connectivity index (χ0v) is 16.9. The second kappa shape index (κ2) is 13.1. The largest absolute Gasteiger partial charge is 0.480 e. The Kier molecular flexibility index (Phi) is 10.8. The van der Waals surface area contributed by atoms with E-state index >= 15 is 0 Å². The molecule has 8 heteroatoms. The highest BCUT2D eigenvalue weighted by molar-refractivity contribution is 6.09. The fourth-order valence-corrected chi connectivity index (χ4v) is 2.35. The summed E-state index contributed by atoms with van der Waals surface area (Å²) in [7, 11) is 0. The van der Waals surface area contributed by atoms with Gasteiger partial charge >= 0.3 is 11.9 Å². The molecular weight excluding hydrogens is 388 g/mol. The van der Waals surface area contributed by atoms with Crippen molar-refractivity contribution in [1.29, 1.82) is 0 Å². The van der Waals surface area contributed by atoms with E-state index in [1.54, 1.807) is 48.5 Å². The van der Waals surface area contributed by atoms with E-state index in [9.17, 15) is 14.4 Å². The van der Waals surface area contributed by atoms with E-state index in [-0.39, 0.29) is 5.78 Å². The Morgan fingerprint density at radius 3 is 2.13 bits per heavy atom. The van der Waals surface area contributed by atoms with E-state index in [2.05, 4.69) is 0 Å². The molecule has 162 valence electrons. The third-order valence-electron chi connectivity index (χ3n) is 4.08. The van der Waals surface area contributed by atoms with Gasteiger partial charge in [-0.05, 0) is 38.4 Å². The van der Waals surface area contributed by atoms with Gasteiger partial charge in [0.05, 0.1) is 0 Å². The molecule has 0 aliphatic heterocycles. The van der Waals surface area contributed by atoms with Crippen LogP contribution in [0.4, 0.5) is 0 Å². The number of carboxylic acid groups (broad SMARTS) is 2. The number of ether oxygens (including phenoxy) is 1. The Balaban J connectivity index is 0.000000382. The van der Waals surface area contributed by atoms with Crippen LogP contribution in [0.2, 0.25) is 0 Å². The third-order valence-corrected chi connectivity index (χ3v) is 4.08. The molecular formula is C22H28N2O6. The minimum absolute atomic E-state index is 0.126. The third kappa shape index (κ3) is 8.85. The lowest BCUT2D eigenvalue weighted by atomic mass is 10.0. The van der Waals surface area contributed by atoms with Crippen LogP contribution in [-0.4, -0.2) is 46.6 Å². The molecule has 0 aliphatic rings. The minimum atomic E-state index is -1.05. The summed E-state index contributed by atoms with van der Waals surface area (Å²) < 4.78 is 5.25. The second-order valence-corrected chi connectivity index (χ2v) is 6.55. The number of ketones is 1. The average molecular weight is 416 g/mol. The number of carboxylic acids is 2. The molecule has 0 aliphatic carbocycles. The summed E-state index contributed by atoms with van der Waals surface area (Å²) in [5.41, 5.74) is 11.5. The molecule has 0 aromatic heterocycles. The van der Waals surface area contributed by atoms with Crippen LogP contribution in [-0.2, 0) is 9.59 Å². The maximum atomic E-state index is 12.2. The molecule has 1 unspecified atom stereocenters. The Morgan fingerprint density at radius 1 is 0.933 bits per heavy atom. The van der Waals surface area contributed by atoms with E-state index in [0.29, 0.717) is 29.8 Å². The first-order valence-corrected chi connectivity index (χ1v) is 9.54. The van der Waals surface area contributed by atoms with Gasteiger partial charge in [0.15, 0.2) is 11.9 Å². The van der Waals surface area contributed by atoms with E-state index in [0.717, 1.165) is 12.8 Å². The summed E-state index contributed by atoms with van der Waals surface area (Å²) in [6.07, 6.45) is 1.20. The highest BCUT2D eigenvalue weighted by atomic mass is 16.5. The van der Waals surface area contributed by atoms with Gasteiger partial charge in [-0.1, -0.05) is 48.9 Å². The summed E-state index contributed by atoms with van der Waals surface area (Å²) in [6.45, 7) is 2.04. The van der Waals surface area contributed by atoms with Gasteiger partial charge in [0.1, 0.15) is 11.8 Å². The predicted molar refractivity (Wildman–Crippen MR) is 113 cm³/mol. The standard InChI is InChI=1S/C16H14O4.C6H14N2O2/c1-11(16(18)19)20-14-9-5-8-13(10-14)15(17)12-6-3-2-4-7-12;7-4-2-1-3-5(8)6(9)10/h2-11H,1H3,(H,18,19);5H,1-4,7-8H2,(H,9,10)/t;5-/m.0/s1. The molecule has 0 bridgehead atoms. The lowest BCUT2D eigenvalue weighted by molar-refractivity contribution is -0.144. The molecule has 8 nitrogen and oxygen atoms in total. The zero-order chi connectivity index (χ0) is 22.5. The summed E-state index contributed by atoms with van der Waals surface area (Å²) in [5, 5.41) is 17.1. The van der Waals surface area contributed by atoms with Crippen LogP contribution >= 0.6 is 0 Å². The summed E-state index contributed by atoms with van der Waals surface area (Å²) in [6, 6.07) is 14.7. The van der Waals surface area contributed by atoms with E-state index in [4.69, 9.17) is 26.4 Å². The monoisotopic (exact) mass is 416 g/mol. The lowest BCUT2D eigenvalue weighted by Crippen LogP contribution is -2.29. The SMILES string of the molecule is CC(Oc1cccc(C(=O)c2ccccc2)c1)C(=O)O.NCCCC[C@H](N)C(=O)O. The number of benzene rings is 2. The van der Waals surface area contributed by atoms with E-state index in [1.165, 1.54) is 6.92 Å². The van der Waals surface area contributed by atoms with Crippen LogP contribution in [0.15, 0.2) is 54.6 Å². The fraction of sp³-hybridized carbons (Fsp3) is 0.318. The van der Waals surface area contributed by atoms with Crippen LogP contribution in [0.1, 0.15) is 42.1 Å². The van der Waals surface area contributed by atoms with Crippen molar-refractivity contribution in [1.82, 2.24) is 0 Å². The van der Waals surface area contributed by atoms with Crippen molar-refractivity contribution >= 4 is 17.7 Å². The molecule has 0 spiro atoms. The second-order valence-electron chi connectivity index (χ2n) is 6.55. The predicted octanol–water partition coefficient (Wildman–Crippen LogP) is 2.30. The highest BCUT2D eigenvalue weighted by Crippen LogP contribution is 2.18. The number of hydrogen-bond donors (Lipinski definition) is 4. The number of carbonyl (C=O) groups excluding carboxylic acids is 1. The molecule has 0 fully saturated rings. The van der Waals surface area contributed by atoms with Gasteiger partial charge in [0.2, 0.25) is 0 Å². The zero-order valence-electron chi connectivity index (χ0n) is 16.9. The van der Waals surface area contributed by atoms with Crippen LogP contribution < -0.4 is 16.2 Å². The molecule has 2 atom stereocenters. The molecule has 2 aromatic carbocycles. The smallest absolute Gasteiger partial charge is 0.344 e. The van der Waals surface area contributed by atoms with Gasteiger partial charge in [-0.3, -0.25) is 9.59 Å². The Morgan fingerprint density at radius 2 is 1.57 bits per heavy atom. The average Bonchev–Trinajstić information content (AvgIpc) is 2.74. The number of unbranched alkanes of at least 4 members (excludes halogenated alkanes) is 1. The first kappa shape index (κ1) is 24.8. The van der Waals surface area contributed by atoms with Crippen molar-refractivity contribution < 1.29 is 29.3 Å². The van der Waals surface area contributed by atoms with Crippen molar-refractivity contribution in [2.75, 3.05) is 6.54 Å². The van der Waals surface area contributed by atoms with Gasteiger partial charge in [0, 0.05) is 11.1 Å². The van der Waals surface area contributed by atoms with Crippen molar-refractivity contribution in [3.05, 3.63) is 65.7 Å². The topological polar surface area (TPSA) is 153 Å². The molecule has 0 saturated carbocycles. The van der Waals surface area contributed by atoms with Crippen LogP contribution in [0.25, 0.3) is 0 Å². The maximum Gasteiger partial charge on any atom is 0.344 e. The van der Waals surface area contributed by atoms with Crippen molar-refractivity contribution in [2.24, 2.45) is 11.5 Å². The number of rotatable bonds is 10. The van der Waals surface area contributed by atoms with Gasteiger partial charge in [-0.25, -0.2) is 4.79 Å². The minimum Gasteiger partial charge on any atom is -0.480 e. The Bertz CT molecular complexity index is 825. The summed E-state index contributed by atoms with van der Waals surface area (Å²) >= 11 is 0. The van der Waals surface area contributed by atoms with Crippen molar-refractivity contribution in [3.63, 3.8) is 0 Å². The maximum absolute atomic E-state index is 12.2. The van der Waals surface area contributed by atoms with Gasteiger partial charge in [0.25, 0.3) is 0 Å². The molecule has 0 saturated heterocycles. The molecule has 6 N–H and O–H groups in total. The van der Waals surface area contributed by atoms with Crippen LogP contribution in [0, 0.1) is 0 Å². The van der Waals surface area contributed by atoms with E-state index < -0.39 is 24.1 Å². The fourth-order valence-electron chi connectivity index (χ4n) is 2.35. The van der Waals surface area contributed by atoms with Crippen molar-refractivity contribution in [2.45, 2.75) is 38.3 Å². The number of aliphatic carboxylic acids is 2. The molecule has 2 aromatic rings. The molecule has 0 radical (unpaired) electrons. The quantitative estimate of drug-likeness (QED) is 0.340. The molecule has 0 heterocycles. The van der Waals surface area contributed by atoms with Gasteiger partial charge in [-0.2, -0.15) is 0 Å². The lowest BCUT2D eigenvalue weighted by Gasteiger charge is -2.11. The van der Waals surface area contributed by atoms with Gasteiger partial charge in [-0.15, -0.1) is 0 Å². The highest BCUT2D eigenvalue weighted by Gasteiger charge is 2.14. The first-order valence-electron chi connectivity index (χ1n) is 9.54. The Labute approximate surface area is 175 Å². The van der Waals surface area contributed by atoms with Crippen molar-refractivity contribution in [3.8, 4) is 5.75 Å². The molecule has 2 rings (SSSR count). The van der Waals surface area contributed by atoms with Gasteiger partial charge < -0.3 is 26.4 Å². The molecule has 0 amide bonds. The summed E-state index contributed by atoms with van der Waals surface area (Å²) in [5.74, 6) is -1.75. The number of hydrogen-bond acceptors (Lipinski definition) is 6. The molecule has 30 heavy (non-hydrogen) atoms. The van der Waals surface area contributed by atoms with E-state index in [1.807, 2.05) is 6.07 Å².